The number of nitrogens with two attached hydrogens (primary N) is 1. The van der Waals surface area contributed by atoms with E-state index in [1.807, 2.05) is 0 Å². The summed E-state index contributed by atoms with van der Waals surface area (Å²) in [5.41, 5.74) is 5.10. The molecule has 0 spiro atoms. The molecule has 1 aromatic carbocycles. The number of halogens is 3. The quantitative estimate of drug-likeness (QED) is 0.847. The van der Waals surface area contributed by atoms with E-state index in [4.69, 9.17) is 5.73 Å². The maximum Gasteiger partial charge on any atom is 0.416 e. The number of alkyl halides is 3. The molecule has 1 heterocycles. The van der Waals surface area contributed by atoms with Gasteiger partial charge in [-0.1, -0.05) is 6.08 Å². The van der Waals surface area contributed by atoms with Gasteiger partial charge in [0.05, 0.1) is 11.3 Å². The topological polar surface area (TPSA) is 55.1 Å². The van der Waals surface area contributed by atoms with Crippen LogP contribution in [-0.2, 0) is 6.18 Å². The lowest BCUT2D eigenvalue weighted by Gasteiger charge is -2.08. The second-order valence-electron chi connectivity index (χ2n) is 4.55. The summed E-state index contributed by atoms with van der Waals surface area (Å²) in [4.78, 5) is 12.2. The van der Waals surface area contributed by atoms with E-state index in [2.05, 4.69) is 11.9 Å². The molecule has 2 rings (SSSR count). The third-order valence-electron chi connectivity index (χ3n) is 2.97. The van der Waals surface area contributed by atoms with E-state index in [9.17, 15) is 18.0 Å². The summed E-state index contributed by atoms with van der Waals surface area (Å²) >= 11 is 1.07. The van der Waals surface area contributed by atoms with Gasteiger partial charge in [0.2, 0.25) is 0 Å². The molecular weight excluding hydrogens is 301 g/mol. The molecule has 112 valence electrons. The second kappa shape index (κ2) is 5.40. The van der Waals surface area contributed by atoms with Gasteiger partial charge in [0, 0.05) is 16.1 Å². The van der Waals surface area contributed by atoms with Crippen molar-refractivity contribution in [2.24, 2.45) is 0 Å². The number of anilines is 1. The zero-order chi connectivity index (χ0) is 15.8. The Bertz CT molecular complexity index is 706. The van der Waals surface area contributed by atoms with Crippen LogP contribution < -0.4 is 11.1 Å². The number of carbonyl (C=O) groups excluding carboxylic acids is 1. The van der Waals surface area contributed by atoms with E-state index in [1.54, 1.807) is 13.0 Å². The van der Waals surface area contributed by atoms with E-state index >= 15 is 0 Å². The van der Waals surface area contributed by atoms with Gasteiger partial charge in [-0.3, -0.25) is 4.79 Å². The summed E-state index contributed by atoms with van der Waals surface area (Å²) in [5, 5.41) is 2.89. The van der Waals surface area contributed by atoms with Crippen LogP contribution in [-0.4, -0.2) is 11.9 Å². The summed E-state index contributed by atoms with van der Waals surface area (Å²) in [6.07, 6.45) is -2.90. The zero-order valence-electron chi connectivity index (χ0n) is 11.1. The third-order valence-corrected chi connectivity index (χ3v) is 4.16. The summed E-state index contributed by atoms with van der Waals surface area (Å²) in [7, 11) is 0. The zero-order valence-corrected chi connectivity index (χ0v) is 11.9. The van der Waals surface area contributed by atoms with Gasteiger partial charge >= 0.3 is 6.18 Å². The molecule has 0 radical (unpaired) electrons. The highest BCUT2D eigenvalue weighted by molar-refractivity contribution is 7.21. The number of carbonyl (C=O) groups is 1. The normalized spacial score (nSPS) is 13.1. The van der Waals surface area contributed by atoms with Gasteiger partial charge in [-0.25, -0.2) is 0 Å². The molecule has 1 atom stereocenters. The summed E-state index contributed by atoms with van der Waals surface area (Å²) < 4.78 is 38.6. The van der Waals surface area contributed by atoms with Gasteiger partial charge in [-0.2, -0.15) is 13.2 Å². The van der Waals surface area contributed by atoms with E-state index in [1.165, 1.54) is 6.07 Å². The number of fused-ring (bicyclic) bond motifs is 1. The number of benzene rings is 1. The van der Waals surface area contributed by atoms with Crippen LogP contribution in [0.2, 0.25) is 0 Å². The molecular formula is C14H13F3N2OS. The standard InChI is InChI=1S/C14H13F3N2OS/c1-3-7(2)19-13(20)12-11(18)9-6-8(14(15,16)17)4-5-10(9)21-12/h3-7H,1,18H2,2H3,(H,19,20). The Labute approximate surface area is 123 Å². The molecule has 2 aromatic rings. The Balaban J connectivity index is 2.46. The SMILES string of the molecule is C=CC(C)NC(=O)c1sc2ccc(C(F)(F)F)cc2c1N. The molecule has 0 fully saturated rings. The van der Waals surface area contributed by atoms with Gasteiger partial charge in [-0.15, -0.1) is 17.9 Å². The second-order valence-corrected chi connectivity index (χ2v) is 5.60. The fourth-order valence-corrected chi connectivity index (χ4v) is 2.80. The summed E-state index contributed by atoms with van der Waals surface area (Å²) in [6.45, 7) is 5.28. The van der Waals surface area contributed by atoms with Gasteiger partial charge in [-0.05, 0) is 25.1 Å². The van der Waals surface area contributed by atoms with Crippen molar-refractivity contribution in [3.63, 3.8) is 0 Å². The minimum atomic E-state index is -4.44. The molecule has 1 amide bonds. The Hall–Kier alpha value is -2.02. The van der Waals surface area contributed by atoms with E-state index < -0.39 is 17.6 Å². The number of thiophene rings is 1. The summed E-state index contributed by atoms with van der Waals surface area (Å²) in [5.74, 6) is -0.422. The van der Waals surface area contributed by atoms with E-state index in [0.717, 1.165) is 23.5 Å². The minimum Gasteiger partial charge on any atom is -0.397 e. The van der Waals surface area contributed by atoms with Gasteiger partial charge in [0.25, 0.3) is 5.91 Å². The van der Waals surface area contributed by atoms with Crippen molar-refractivity contribution in [1.29, 1.82) is 0 Å². The highest BCUT2D eigenvalue weighted by Crippen LogP contribution is 2.38. The fraction of sp³-hybridized carbons (Fsp3) is 0.214. The number of hydrogen-bond donors (Lipinski definition) is 2. The molecule has 0 saturated carbocycles. The van der Waals surface area contributed by atoms with Crippen molar-refractivity contribution >= 4 is 33.0 Å². The van der Waals surface area contributed by atoms with Crippen LogP contribution in [0.25, 0.3) is 10.1 Å². The smallest absolute Gasteiger partial charge is 0.397 e. The minimum absolute atomic E-state index is 0.0647. The molecule has 7 heteroatoms. The van der Waals surface area contributed by atoms with Crippen LogP contribution in [0.4, 0.5) is 18.9 Å². The van der Waals surface area contributed by atoms with Crippen LogP contribution in [0.3, 0.4) is 0 Å². The molecule has 0 aliphatic rings. The maximum absolute atomic E-state index is 12.7. The van der Waals surface area contributed by atoms with E-state index in [-0.39, 0.29) is 22.0 Å². The molecule has 3 nitrogen and oxygen atoms in total. The van der Waals surface area contributed by atoms with Crippen molar-refractivity contribution in [1.82, 2.24) is 5.32 Å². The highest BCUT2D eigenvalue weighted by Gasteiger charge is 2.31. The van der Waals surface area contributed by atoms with Crippen molar-refractivity contribution in [3.05, 3.63) is 41.3 Å². The Morgan fingerprint density at radius 3 is 2.71 bits per heavy atom. The Morgan fingerprint density at radius 2 is 2.14 bits per heavy atom. The number of rotatable bonds is 3. The van der Waals surface area contributed by atoms with Gasteiger partial charge < -0.3 is 11.1 Å². The van der Waals surface area contributed by atoms with Gasteiger partial charge in [0.15, 0.2) is 0 Å². The molecule has 3 N–H and O–H groups in total. The van der Waals surface area contributed by atoms with E-state index in [0.29, 0.717) is 4.70 Å². The Kier molecular flexibility index (Phi) is 3.95. The van der Waals surface area contributed by atoms with Crippen molar-refractivity contribution < 1.29 is 18.0 Å². The largest absolute Gasteiger partial charge is 0.416 e. The maximum atomic E-state index is 12.7. The molecule has 0 bridgehead atoms. The lowest BCUT2D eigenvalue weighted by Crippen LogP contribution is -2.30. The molecule has 1 aromatic heterocycles. The number of nitrogen functional groups attached to an aromatic ring is 1. The first-order valence-electron chi connectivity index (χ1n) is 6.06. The third kappa shape index (κ3) is 3.02. The molecule has 1 unspecified atom stereocenters. The predicted molar refractivity (Wildman–Crippen MR) is 78.4 cm³/mol. The molecule has 0 saturated heterocycles. The average Bonchev–Trinajstić information content (AvgIpc) is 2.74. The number of amides is 1. The Morgan fingerprint density at radius 1 is 1.48 bits per heavy atom. The molecule has 21 heavy (non-hydrogen) atoms. The fourth-order valence-electron chi connectivity index (χ4n) is 1.79. The van der Waals surface area contributed by atoms with Crippen LogP contribution >= 0.6 is 11.3 Å². The number of nitrogens with one attached hydrogen (secondary N) is 1. The lowest BCUT2D eigenvalue weighted by molar-refractivity contribution is -0.137. The van der Waals surface area contributed by atoms with Crippen LogP contribution in [0.1, 0.15) is 22.2 Å². The first kappa shape index (κ1) is 15.4. The highest BCUT2D eigenvalue weighted by atomic mass is 32.1. The van der Waals surface area contributed by atoms with Crippen LogP contribution in [0.5, 0.6) is 0 Å². The van der Waals surface area contributed by atoms with Crippen molar-refractivity contribution in [2.45, 2.75) is 19.1 Å². The van der Waals surface area contributed by atoms with Crippen LogP contribution in [0.15, 0.2) is 30.9 Å². The van der Waals surface area contributed by atoms with Crippen LogP contribution in [0, 0.1) is 0 Å². The van der Waals surface area contributed by atoms with Crippen molar-refractivity contribution in [3.8, 4) is 0 Å². The molecule has 0 aliphatic carbocycles. The first-order valence-corrected chi connectivity index (χ1v) is 6.88. The average molecular weight is 314 g/mol. The van der Waals surface area contributed by atoms with Crippen molar-refractivity contribution in [2.75, 3.05) is 5.73 Å². The number of hydrogen-bond acceptors (Lipinski definition) is 3. The predicted octanol–water partition coefficient (Wildman–Crippen LogP) is 3.81. The lowest BCUT2D eigenvalue weighted by atomic mass is 10.1. The monoisotopic (exact) mass is 314 g/mol. The summed E-state index contributed by atoms with van der Waals surface area (Å²) in [6, 6.07) is 3.02. The first-order chi connectivity index (χ1) is 9.74. The van der Waals surface area contributed by atoms with Gasteiger partial charge in [0.1, 0.15) is 4.88 Å². The molecule has 0 aliphatic heterocycles.